The SMILES string of the molecule is CNCC1CCCN(C(=O)Cc2ccc(F)cc2F)C1.Cl. The number of nitrogens with one attached hydrogen (secondary N) is 1. The van der Waals surface area contributed by atoms with Gasteiger partial charge in [-0.25, -0.2) is 8.78 Å². The maximum Gasteiger partial charge on any atom is 0.227 e. The van der Waals surface area contributed by atoms with Crippen molar-refractivity contribution in [1.82, 2.24) is 10.2 Å². The number of carbonyl (C=O) groups excluding carboxylic acids is 1. The summed E-state index contributed by atoms with van der Waals surface area (Å²) < 4.78 is 26.4. The average Bonchev–Trinajstić information content (AvgIpc) is 2.42. The lowest BCUT2D eigenvalue weighted by Gasteiger charge is -2.32. The Balaban J connectivity index is 0.00000220. The van der Waals surface area contributed by atoms with Crippen LogP contribution in [0.1, 0.15) is 18.4 Å². The third kappa shape index (κ3) is 4.93. The number of hydrogen-bond acceptors (Lipinski definition) is 2. The quantitative estimate of drug-likeness (QED) is 0.924. The van der Waals surface area contributed by atoms with E-state index in [1.807, 2.05) is 7.05 Å². The summed E-state index contributed by atoms with van der Waals surface area (Å²) in [6.45, 7) is 2.32. The smallest absolute Gasteiger partial charge is 0.227 e. The first kappa shape index (κ1) is 17.9. The van der Waals surface area contributed by atoms with E-state index in [0.717, 1.165) is 32.0 Å². The van der Waals surface area contributed by atoms with Gasteiger partial charge in [-0.1, -0.05) is 6.07 Å². The molecule has 0 bridgehead atoms. The van der Waals surface area contributed by atoms with Gasteiger partial charge in [0.05, 0.1) is 6.42 Å². The summed E-state index contributed by atoms with van der Waals surface area (Å²) in [4.78, 5) is 14.0. The van der Waals surface area contributed by atoms with E-state index in [9.17, 15) is 13.6 Å². The fourth-order valence-corrected chi connectivity index (χ4v) is 2.69. The van der Waals surface area contributed by atoms with Crippen LogP contribution in [0.15, 0.2) is 18.2 Å². The predicted molar refractivity (Wildman–Crippen MR) is 80.5 cm³/mol. The number of amides is 1. The molecule has 1 aliphatic heterocycles. The van der Waals surface area contributed by atoms with Gasteiger partial charge in [-0.15, -0.1) is 12.4 Å². The zero-order chi connectivity index (χ0) is 14.5. The van der Waals surface area contributed by atoms with Gasteiger partial charge in [-0.3, -0.25) is 4.79 Å². The van der Waals surface area contributed by atoms with Gasteiger partial charge in [0.25, 0.3) is 0 Å². The van der Waals surface area contributed by atoms with E-state index in [-0.39, 0.29) is 30.3 Å². The highest BCUT2D eigenvalue weighted by Gasteiger charge is 2.23. The molecule has 21 heavy (non-hydrogen) atoms. The molecular formula is C15H21ClF2N2O. The Kier molecular flexibility index (Phi) is 7.05. The molecule has 6 heteroatoms. The highest BCUT2D eigenvalue weighted by atomic mass is 35.5. The third-order valence-electron chi connectivity index (χ3n) is 3.72. The van der Waals surface area contributed by atoms with Crippen molar-refractivity contribution in [3.63, 3.8) is 0 Å². The largest absolute Gasteiger partial charge is 0.342 e. The fraction of sp³-hybridized carbons (Fsp3) is 0.533. The van der Waals surface area contributed by atoms with Crippen molar-refractivity contribution in [1.29, 1.82) is 0 Å². The lowest BCUT2D eigenvalue weighted by molar-refractivity contribution is -0.132. The molecule has 1 aromatic rings. The molecule has 3 nitrogen and oxygen atoms in total. The standard InChI is InChI=1S/C15H20F2N2O.ClH/c1-18-9-11-3-2-6-19(10-11)15(20)7-12-4-5-13(16)8-14(12)17;/h4-5,8,11,18H,2-3,6-7,9-10H2,1H3;1H. The predicted octanol–water partition coefficient (Wildman–Crippen LogP) is 2.39. The van der Waals surface area contributed by atoms with E-state index in [2.05, 4.69) is 5.32 Å². The van der Waals surface area contributed by atoms with Gasteiger partial charge in [0.2, 0.25) is 5.91 Å². The summed E-state index contributed by atoms with van der Waals surface area (Å²) in [6, 6.07) is 3.35. The molecule has 1 heterocycles. The number of carbonyl (C=O) groups is 1. The molecule has 1 N–H and O–H groups in total. The van der Waals surface area contributed by atoms with Crippen molar-refractivity contribution >= 4 is 18.3 Å². The van der Waals surface area contributed by atoms with Crippen LogP contribution in [0.5, 0.6) is 0 Å². The molecule has 1 aliphatic rings. The molecule has 1 atom stereocenters. The fourth-order valence-electron chi connectivity index (χ4n) is 2.69. The van der Waals surface area contributed by atoms with Crippen LogP contribution >= 0.6 is 12.4 Å². The van der Waals surface area contributed by atoms with Crippen molar-refractivity contribution in [3.05, 3.63) is 35.4 Å². The number of halogens is 3. The van der Waals surface area contributed by atoms with Gasteiger partial charge >= 0.3 is 0 Å². The van der Waals surface area contributed by atoms with E-state index in [0.29, 0.717) is 12.5 Å². The van der Waals surface area contributed by atoms with Gasteiger partial charge in [0.15, 0.2) is 0 Å². The van der Waals surface area contributed by atoms with Gasteiger partial charge in [0, 0.05) is 19.2 Å². The van der Waals surface area contributed by atoms with Crippen LogP contribution in [0.4, 0.5) is 8.78 Å². The van der Waals surface area contributed by atoms with Crippen LogP contribution in [0.25, 0.3) is 0 Å². The van der Waals surface area contributed by atoms with Crippen LogP contribution in [0, 0.1) is 17.6 Å². The van der Waals surface area contributed by atoms with Crippen molar-refractivity contribution < 1.29 is 13.6 Å². The summed E-state index contributed by atoms with van der Waals surface area (Å²) in [6.07, 6.45) is 2.08. The molecule has 1 amide bonds. The zero-order valence-corrected chi connectivity index (χ0v) is 12.9. The maximum atomic E-state index is 13.6. The van der Waals surface area contributed by atoms with E-state index in [1.165, 1.54) is 12.1 Å². The first-order valence-corrected chi connectivity index (χ1v) is 6.96. The topological polar surface area (TPSA) is 32.3 Å². The molecule has 0 aliphatic carbocycles. The Morgan fingerprint density at radius 1 is 1.43 bits per heavy atom. The highest BCUT2D eigenvalue weighted by Crippen LogP contribution is 2.18. The highest BCUT2D eigenvalue weighted by molar-refractivity contribution is 5.85. The molecule has 0 saturated carbocycles. The van der Waals surface area contributed by atoms with Gasteiger partial charge in [-0.2, -0.15) is 0 Å². The van der Waals surface area contributed by atoms with Crippen LogP contribution in [0.3, 0.4) is 0 Å². The third-order valence-corrected chi connectivity index (χ3v) is 3.72. The second-order valence-electron chi connectivity index (χ2n) is 5.32. The van der Waals surface area contributed by atoms with Crippen LogP contribution in [0.2, 0.25) is 0 Å². The summed E-state index contributed by atoms with van der Waals surface area (Å²) >= 11 is 0. The molecule has 0 radical (unpaired) electrons. The molecule has 0 aromatic heterocycles. The van der Waals surface area contributed by atoms with Crippen LogP contribution < -0.4 is 5.32 Å². The van der Waals surface area contributed by atoms with Crippen molar-refractivity contribution in [2.24, 2.45) is 5.92 Å². The molecule has 0 spiro atoms. The van der Waals surface area contributed by atoms with Gasteiger partial charge in [0.1, 0.15) is 11.6 Å². The lowest BCUT2D eigenvalue weighted by Crippen LogP contribution is -2.43. The molecule has 1 unspecified atom stereocenters. The minimum atomic E-state index is -0.651. The lowest BCUT2D eigenvalue weighted by atomic mass is 9.97. The number of nitrogens with zero attached hydrogens (tertiary/aromatic N) is 1. The summed E-state index contributed by atoms with van der Waals surface area (Å²) in [7, 11) is 1.90. The van der Waals surface area contributed by atoms with E-state index >= 15 is 0 Å². The molecule has 1 aromatic carbocycles. The van der Waals surface area contributed by atoms with Crippen LogP contribution in [-0.4, -0.2) is 37.5 Å². The number of likely N-dealkylation sites (tertiary alicyclic amines) is 1. The van der Waals surface area contributed by atoms with Crippen molar-refractivity contribution in [2.45, 2.75) is 19.3 Å². The van der Waals surface area contributed by atoms with E-state index in [1.54, 1.807) is 4.90 Å². The minimum Gasteiger partial charge on any atom is -0.342 e. The average molecular weight is 319 g/mol. The maximum absolute atomic E-state index is 13.6. The van der Waals surface area contributed by atoms with E-state index in [4.69, 9.17) is 0 Å². The first-order chi connectivity index (χ1) is 9.60. The molecule has 118 valence electrons. The minimum absolute atomic E-state index is 0. The Bertz CT molecular complexity index is 483. The number of benzene rings is 1. The Hall–Kier alpha value is -1.20. The molecule has 1 fully saturated rings. The van der Waals surface area contributed by atoms with Crippen molar-refractivity contribution in [3.8, 4) is 0 Å². The van der Waals surface area contributed by atoms with Crippen LogP contribution in [-0.2, 0) is 11.2 Å². The zero-order valence-electron chi connectivity index (χ0n) is 12.1. The summed E-state index contributed by atoms with van der Waals surface area (Å²) in [5, 5.41) is 3.12. The van der Waals surface area contributed by atoms with Gasteiger partial charge < -0.3 is 10.2 Å². The van der Waals surface area contributed by atoms with E-state index < -0.39 is 11.6 Å². The monoisotopic (exact) mass is 318 g/mol. The second-order valence-corrected chi connectivity index (χ2v) is 5.32. The summed E-state index contributed by atoms with van der Waals surface area (Å²) in [5.74, 6) is -0.903. The number of piperidine rings is 1. The Labute approximate surface area is 130 Å². The number of rotatable bonds is 4. The Morgan fingerprint density at radius 3 is 2.86 bits per heavy atom. The summed E-state index contributed by atoms with van der Waals surface area (Å²) in [5.41, 5.74) is 0.257. The normalized spacial score (nSPS) is 18.2. The molecular weight excluding hydrogens is 298 g/mol. The first-order valence-electron chi connectivity index (χ1n) is 6.96. The van der Waals surface area contributed by atoms with Crippen molar-refractivity contribution in [2.75, 3.05) is 26.7 Å². The van der Waals surface area contributed by atoms with Gasteiger partial charge in [-0.05, 0) is 44.0 Å². The Morgan fingerprint density at radius 2 is 2.19 bits per heavy atom. The number of hydrogen-bond donors (Lipinski definition) is 1. The molecule has 1 saturated heterocycles. The molecule has 2 rings (SSSR count). The second kappa shape index (κ2) is 8.29.